The van der Waals surface area contributed by atoms with Crippen LogP contribution in [0.1, 0.15) is 40.8 Å². The van der Waals surface area contributed by atoms with Crippen LogP contribution in [0.4, 0.5) is 0 Å². The molecule has 136 valence electrons. The number of rotatable bonds is 7. The van der Waals surface area contributed by atoms with Crippen LogP contribution in [0.25, 0.3) is 5.65 Å². The van der Waals surface area contributed by atoms with Crippen molar-refractivity contribution in [1.82, 2.24) is 19.9 Å². The maximum atomic E-state index is 12.4. The van der Waals surface area contributed by atoms with Crippen LogP contribution in [0, 0.1) is 13.8 Å². The van der Waals surface area contributed by atoms with Gasteiger partial charge in [0.15, 0.2) is 5.65 Å². The summed E-state index contributed by atoms with van der Waals surface area (Å²) in [5, 5.41) is 7.30. The van der Waals surface area contributed by atoms with E-state index in [4.69, 9.17) is 4.74 Å². The van der Waals surface area contributed by atoms with E-state index in [0.29, 0.717) is 24.5 Å². The van der Waals surface area contributed by atoms with Gasteiger partial charge in [-0.15, -0.1) is 0 Å². The lowest BCUT2D eigenvalue weighted by atomic mass is 10.1. The highest BCUT2D eigenvalue weighted by Gasteiger charge is 2.11. The SMILES string of the molecule is CCOc1ccccc1CCCNC(=O)c1cc(C)n2nc(C)cc2n1. The van der Waals surface area contributed by atoms with Gasteiger partial charge >= 0.3 is 0 Å². The largest absolute Gasteiger partial charge is 0.494 e. The molecule has 0 radical (unpaired) electrons. The van der Waals surface area contributed by atoms with E-state index in [9.17, 15) is 4.79 Å². The summed E-state index contributed by atoms with van der Waals surface area (Å²) >= 11 is 0. The van der Waals surface area contributed by atoms with Crippen LogP contribution in [0.5, 0.6) is 5.75 Å². The topological polar surface area (TPSA) is 68.5 Å². The van der Waals surface area contributed by atoms with Crippen LogP contribution in [-0.2, 0) is 6.42 Å². The number of nitrogens with one attached hydrogen (secondary N) is 1. The third-order valence-corrected chi connectivity index (χ3v) is 4.14. The van der Waals surface area contributed by atoms with Gasteiger partial charge in [0.2, 0.25) is 0 Å². The van der Waals surface area contributed by atoms with Crippen LogP contribution in [0.2, 0.25) is 0 Å². The van der Waals surface area contributed by atoms with Crippen molar-refractivity contribution in [2.45, 2.75) is 33.6 Å². The molecule has 1 N–H and O–H groups in total. The van der Waals surface area contributed by atoms with Crippen molar-refractivity contribution in [3.05, 3.63) is 59.0 Å². The number of aromatic nitrogens is 3. The van der Waals surface area contributed by atoms with Crippen molar-refractivity contribution in [3.63, 3.8) is 0 Å². The first-order valence-electron chi connectivity index (χ1n) is 8.91. The molecule has 6 heteroatoms. The monoisotopic (exact) mass is 352 g/mol. The molecule has 3 aromatic rings. The quantitative estimate of drug-likeness (QED) is 0.664. The smallest absolute Gasteiger partial charge is 0.270 e. The molecule has 0 aliphatic heterocycles. The molecule has 0 aliphatic carbocycles. The van der Waals surface area contributed by atoms with E-state index in [1.165, 1.54) is 0 Å². The number of hydrogen-bond acceptors (Lipinski definition) is 4. The number of aryl methyl sites for hydroxylation is 3. The molecule has 0 saturated carbocycles. The Bertz CT molecular complexity index is 917. The van der Waals surface area contributed by atoms with E-state index in [1.54, 1.807) is 10.6 Å². The summed E-state index contributed by atoms with van der Waals surface area (Å²) in [5.41, 5.74) is 4.04. The third kappa shape index (κ3) is 4.02. The molecule has 6 nitrogen and oxygen atoms in total. The predicted octanol–water partition coefficient (Wildman–Crippen LogP) is 3.11. The van der Waals surface area contributed by atoms with E-state index in [0.717, 1.165) is 35.5 Å². The highest BCUT2D eigenvalue weighted by atomic mass is 16.5. The number of carbonyl (C=O) groups excluding carboxylic acids is 1. The second-order valence-electron chi connectivity index (χ2n) is 6.24. The van der Waals surface area contributed by atoms with Gasteiger partial charge in [0.05, 0.1) is 12.3 Å². The summed E-state index contributed by atoms with van der Waals surface area (Å²) in [7, 11) is 0. The molecular formula is C20H24N4O2. The normalized spacial score (nSPS) is 10.9. The lowest BCUT2D eigenvalue weighted by Crippen LogP contribution is -2.26. The van der Waals surface area contributed by atoms with Gasteiger partial charge in [-0.05, 0) is 51.3 Å². The first-order valence-corrected chi connectivity index (χ1v) is 8.91. The number of carbonyl (C=O) groups is 1. The van der Waals surface area contributed by atoms with Crippen molar-refractivity contribution in [3.8, 4) is 5.75 Å². The molecule has 26 heavy (non-hydrogen) atoms. The van der Waals surface area contributed by atoms with Gasteiger partial charge in [0, 0.05) is 18.3 Å². The Morgan fingerprint density at radius 2 is 2.04 bits per heavy atom. The van der Waals surface area contributed by atoms with Crippen LogP contribution in [-0.4, -0.2) is 33.7 Å². The lowest BCUT2D eigenvalue weighted by molar-refractivity contribution is 0.0948. The van der Waals surface area contributed by atoms with Crippen molar-refractivity contribution in [1.29, 1.82) is 0 Å². The zero-order valence-electron chi connectivity index (χ0n) is 15.5. The highest BCUT2D eigenvalue weighted by Crippen LogP contribution is 2.19. The van der Waals surface area contributed by atoms with Crippen molar-refractivity contribution >= 4 is 11.6 Å². The zero-order chi connectivity index (χ0) is 18.5. The number of para-hydroxylation sites is 1. The number of hydrogen-bond donors (Lipinski definition) is 1. The fraction of sp³-hybridized carbons (Fsp3) is 0.350. The average Bonchev–Trinajstić information content (AvgIpc) is 3.01. The van der Waals surface area contributed by atoms with Crippen molar-refractivity contribution in [2.24, 2.45) is 0 Å². The van der Waals surface area contributed by atoms with Crippen LogP contribution < -0.4 is 10.1 Å². The Morgan fingerprint density at radius 1 is 1.23 bits per heavy atom. The summed E-state index contributed by atoms with van der Waals surface area (Å²) in [6.45, 7) is 7.04. The average molecular weight is 352 g/mol. The van der Waals surface area contributed by atoms with E-state index in [1.807, 2.05) is 45.0 Å². The Balaban J connectivity index is 1.58. The second kappa shape index (κ2) is 7.99. The third-order valence-electron chi connectivity index (χ3n) is 4.14. The molecule has 0 unspecified atom stereocenters. The number of nitrogens with zero attached hydrogens (tertiary/aromatic N) is 3. The molecule has 0 spiro atoms. The van der Waals surface area contributed by atoms with Gasteiger partial charge in [0.25, 0.3) is 5.91 Å². The Morgan fingerprint density at radius 3 is 2.85 bits per heavy atom. The van der Waals surface area contributed by atoms with Gasteiger partial charge in [-0.25, -0.2) is 9.50 Å². The predicted molar refractivity (Wildman–Crippen MR) is 101 cm³/mol. The Kier molecular flexibility index (Phi) is 5.51. The van der Waals surface area contributed by atoms with Gasteiger partial charge in [-0.1, -0.05) is 18.2 Å². The molecule has 2 heterocycles. The van der Waals surface area contributed by atoms with E-state index >= 15 is 0 Å². The first kappa shape index (κ1) is 17.9. The minimum absolute atomic E-state index is 0.160. The van der Waals surface area contributed by atoms with Gasteiger partial charge < -0.3 is 10.1 Å². The number of benzene rings is 1. The molecule has 0 bridgehead atoms. The summed E-state index contributed by atoms with van der Waals surface area (Å²) in [6, 6.07) is 11.7. The first-order chi connectivity index (χ1) is 12.6. The summed E-state index contributed by atoms with van der Waals surface area (Å²) in [6.07, 6.45) is 1.69. The van der Waals surface area contributed by atoms with Crippen LogP contribution >= 0.6 is 0 Å². The van der Waals surface area contributed by atoms with E-state index in [-0.39, 0.29) is 5.91 Å². The summed E-state index contributed by atoms with van der Waals surface area (Å²) in [5.74, 6) is 0.757. The van der Waals surface area contributed by atoms with E-state index < -0.39 is 0 Å². The molecule has 0 aliphatic rings. The maximum absolute atomic E-state index is 12.4. The Hall–Kier alpha value is -2.89. The molecule has 3 rings (SSSR count). The minimum Gasteiger partial charge on any atom is -0.494 e. The number of fused-ring (bicyclic) bond motifs is 1. The molecule has 0 saturated heterocycles. The van der Waals surface area contributed by atoms with E-state index in [2.05, 4.69) is 21.5 Å². The molecule has 0 fully saturated rings. The zero-order valence-corrected chi connectivity index (χ0v) is 15.5. The maximum Gasteiger partial charge on any atom is 0.270 e. The fourth-order valence-corrected chi connectivity index (χ4v) is 2.93. The van der Waals surface area contributed by atoms with Gasteiger partial charge in [0.1, 0.15) is 11.4 Å². The lowest BCUT2D eigenvalue weighted by Gasteiger charge is -2.10. The summed E-state index contributed by atoms with van der Waals surface area (Å²) in [4.78, 5) is 16.8. The molecular weight excluding hydrogens is 328 g/mol. The standard InChI is InChI=1S/C20H24N4O2/c1-4-26-18-10-6-5-8-16(18)9-7-11-21-20(25)17-13-15(3)24-19(22-17)12-14(2)23-24/h5-6,8,10,12-13H,4,7,9,11H2,1-3H3,(H,21,25). The number of ether oxygens (including phenoxy) is 1. The second-order valence-corrected chi connectivity index (χ2v) is 6.24. The highest BCUT2D eigenvalue weighted by molar-refractivity contribution is 5.92. The van der Waals surface area contributed by atoms with Gasteiger partial charge in [-0.2, -0.15) is 5.10 Å². The Labute approximate surface area is 153 Å². The minimum atomic E-state index is -0.160. The fourth-order valence-electron chi connectivity index (χ4n) is 2.93. The van der Waals surface area contributed by atoms with Gasteiger partial charge in [-0.3, -0.25) is 4.79 Å². The molecule has 1 amide bonds. The molecule has 0 atom stereocenters. The summed E-state index contributed by atoms with van der Waals surface area (Å²) < 4.78 is 7.38. The van der Waals surface area contributed by atoms with Crippen LogP contribution in [0.15, 0.2) is 36.4 Å². The molecule has 1 aromatic carbocycles. The van der Waals surface area contributed by atoms with Crippen LogP contribution in [0.3, 0.4) is 0 Å². The number of amides is 1. The molecule has 2 aromatic heterocycles. The van der Waals surface area contributed by atoms with Crippen molar-refractivity contribution in [2.75, 3.05) is 13.2 Å². The van der Waals surface area contributed by atoms with Crippen molar-refractivity contribution < 1.29 is 9.53 Å².